The van der Waals surface area contributed by atoms with Crippen LogP contribution in [0.5, 0.6) is 0 Å². The highest BCUT2D eigenvalue weighted by Gasteiger charge is 2.22. The number of rotatable bonds is 7. The molecule has 4 heteroatoms. The molecule has 1 aliphatic rings. The van der Waals surface area contributed by atoms with Crippen LogP contribution in [0.3, 0.4) is 0 Å². The molecule has 2 rings (SSSR count). The third-order valence-corrected chi connectivity index (χ3v) is 3.42. The number of nitrogens with two attached hydrogens (primary N) is 1. The lowest BCUT2D eigenvalue weighted by atomic mass is 10.1. The standard InChI is InChI=1S/C15H22N2O2/c1-17(9-10-19-11-12-7-8-12)15(18)14(16)13-5-3-2-4-6-13/h2-6,12,14H,7-11,16H2,1H3/t14-/m0/s1. The molecule has 0 aromatic heterocycles. The molecule has 0 aliphatic heterocycles. The highest BCUT2D eigenvalue weighted by atomic mass is 16.5. The molecule has 1 fully saturated rings. The van der Waals surface area contributed by atoms with Crippen molar-refractivity contribution in [3.8, 4) is 0 Å². The van der Waals surface area contributed by atoms with Gasteiger partial charge in [0.2, 0.25) is 5.91 Å². The average molecular weight is 262 g/mol. The summed E-state index contributed by atoms with van der Waals surface area (Å²) in [4.78, 5) is 13.8. The average Bonchev–Trinajstić information content (AvgIpc) is 3.27. The molecule has 1 amide bonds. The molecule has 1 aromatic carbocycles. The summed E-state index contributed by atoms with van der Waals surface area (Å²) in [6.45, 7) is 2.00. The van der Waals surface area contributed by atoms with E-state index in [-0.39, 0.29) is 5.91 Å². The van der Waals surface area contributed by atoms with Gasteiger partial charge in [0.1, 0.15) is 6.04 Å². The Morgan fingerprint density at radius 3 is 2.74 bits per heavy atom. The fourth-order valence-corrected chi connectivity index (χ4v) is 1.89. The zero-order valence-corrected chi connectivity index (χ0v) is 11.4. The number of benzene rings is 1. The molecular weight excluding hydrogens is 240 g/mol. The van der Waals surface area contributed by atoms with Crippen molar-refractivity contribution >= 4 is 5.91 Å². The summed E-state index contributed by atoms with van der Waals surface area (Å²) in [5.41, 5.74) is 6.82. The first-order valence-corrected chi connectivity index (χ1v) is 6.81. The molecule has 0 saturated heterocycles. The van der Waals surface area contributed by atoms with Crippen LogP contribution in [0.1, 0.15) is 24.4 Å². The van der Waals surface area contributed by atoms with Gasteiger partial charge in [0.25, 0.3) is 0 Å². The van der Waals surface area contributed by atoms with Gasteiger partial charge >= 0.3 is 0 Å². The summed E-state index contributed by atoms with van der Waals surface area (Å²) < 4.78 is 5.53. The van der Waals surface area contributed by atoms with E-state index in [1.807, 2.05) is 30.3 Å². The molecule has 0 bridgehead atoms. The van der Waals surface area contributed by atoms with Crippen LogP contribution in [-0.2, 0) is 9.53 Å². The molecule has 4 nitrogen and oxygen atoms in total. The van der Waals surface area contributed by atoms with Crippen molar-refractivity contribution in [3.63, 3.8) is 0 Å². The Kier molecular flexibility index (Phi) is 4.93. The second-order valence-electron chi connectivity index (χ2n) is 5.17. The fraction of sp³-hybridized carbons (Fsp3) is 0.533. The van der Waals surface area contributed by atoms with Gasteiger partial charge in [-0.2, -0.15) is 0 Å². The van der Waals surface area contributed by atoms with E-state index in [9.17, 15) is 4.79 Å². The molecule has 1 aliphatic carbocycles. The molecular formula is C15H22N2O2. The first-order valence-electron chi connectivity index (χ1n) is 6.81. The van der Waals surface area contributed by atoms with Crippen molar-refractivity contribution in [1.29, 1.82) is 0 Å². The number of likely N-dealkylation sites (N-methyl/N-ethyl adjacent to an activating group) is 1. The van der Waals surface area contributed by atoms with E-state index in [2.05, 4.69) is 0 Å². The smallest absolute Gasteiger partial charge is 0.243 e. The van der Waals surface area contributed by atoms with Crippen molar-refractivity contribution in [2.45, 2.75) is 18.9 Å². The minimum absolute atomic E-state index is 0.0683. The maximum absolute atomic E-state index is 12.1. The van der Waals surface area contributed by atoms with E-state index in [0.717, 1.165) is 18.1 Å². The fourth-order valence-electron chi connectivity index (χ4n) is 1.89. The van der Waals surface area contributed by atoms with E-state index < -0.39 is 6.04 Å². The molecule has 19 heavy (non-hydrogen) atoms. The minimum Gasteiger partial charge on any atom is -0.379 e. The molecule has 2 N–H and O–H groups in total. The molecule has 104 valence electrons. The van der Waals surface area contributed by atoms with Gasteiger partial charge in [-0.15, -0.1) is 0 Å². The molecule has 0 spiro atoms. The van der Waals surface area contributed by atoms with E-state index >= 15 is 0 Å². The van der Waals surface area contributed by atoms with Crippen LogP contribution in [0.2, 0.25) is 0 Å². The van der Waals surface area contributed by atoms with Crippen molar-refractivity contribution < 1.29 is 9.53 Å². The van der Waals surface area contributed by atoms with Crippen molar-refractivity contribution in [3.05, 3.63) is 35.9 Å². The Balaban J connectivity index is 1.74. The van der Waals surface area contributed by atoms with Gasteiger partial charge in [-0.1, -0.05) is 30.3 Å². The Bertz CT molecular complexity index is 404. The second-order valence-corrected chi connectivity index (χ2v) is 5.17. The lowest BCUT2D eigenvalue weighted by Crippen LogP contribution is -2.37. The van der Waals surface area contributed by atoms with Gasteiger partial charge in [-0.3, -0.25) is 4.79 Å². The van der Waals surface area contributed by atoms with Gasteiger partial charge < -0.3 is 15.4 Å². The SMILES string of the molecule is CN(CCOCC1CC1)C(=O)[C@@H](N)c1ccccc1. The van der Waals surface area contributed by atoms with Gasteiger partial charge in [-0.25, -0.2) is 0 Å². The number of hydrogen-bond acceptors (Lipinski definition) is 3. The maximum atomic E-state index is 12.1. The number of amides is 1. The zero-order chi connectivity index (χ0) is 13.7. The third-order valence-electron chi connectivity index (χ3n) is 3.42. The van der Waals surface area contributed by atoms with Crippen molar-refractivity contribution in [2.24, 2.45) is 11.7 Å². The maximum Gasteiger partial charge on any atom is 0.243 e. The van der Waals surface area contributed by atoms with Crippen LogP contribution in [0, 0.1) is 5.92 Å². The Morgan fingerprint density at radius 1 is 1.42 bits per heavy atom. The summed E-state index contributed by atoms with van der Waals surface area (Å²) >= 11 is 0. The number of hydrogen-bond donors (Lipinski definition) is 1. The van der Waals surface area contributed by atoms with Crippen molar-refractivity contribution in [2.75, 3.05) is 26.8 Å². The molecule has 0 heterocycles. The Morgan fingerprint density at radius 2 is 2.11 bits per heavy atom. The van der Waals surface area contributed by atoms with E-state index in [4.69, 9.17) is 10.5 Å². The van der Waals surface area contributed by atoms with Crippen LogP contribution >= 0.6 is 0 Å². The van der Waals surface area contributed by atoms with Crippen LogP contribution in [0.4, 0.5) is 0 Å². The summed E-state index contributed by atoms with van der Waals surface area (Å²) in [6, 6.07) is 8.85. The summed E-state index contributed by atoms with van der Waals surface area (Å²) in [6.07, 6.45) is 2.57. The molecule has 1 aromatic rings. The quantitative estimate of drug-likeness (QED) is 0.759. The van der Waals surface area contributed by atoms with Gasteiger partial charge in [0.15, 0.2) is 0 Å². The lowest BCUT2D eigenvalue weighted by molar-refractivity contribution is -0.132. The molecule has 0 radical (unpaired) electrons. The van der Waals surface area contributed by atoms with Gasteiger partial charge in [0, 0.05) is 20.2 Å². The van der Waals surface area contributed by atoms with Gasteiger partial charge in [-0.05, 0) is 24.3 Å². The third kappa shape index (κ3) is 4.33. The number of carbonyl (C=O) groups is 1. The van der Waals surface area contributed by atoms with Gasteiger partial charge in [0.05, 0.1) is 6.61 Å². The Labute approximate surface area is 114 Å². The monoisotopic (exact) mass is 262 g/mol. The minimum atomic E-state index is -0.588. The van der Waals surface area contributed by atoms with Crippen molar-refractivity contribution in [1.82, 2.24) is 4.90 Å². The second kappa shape index (κ2) is 6.68. The predicted octanol–water partition coefficient (Wildman–Crippen LogP) is 1.57. The normalized spacial score (nSPS) is 16.1. The summed E-state index contributed by atoms with van der Waals surface area (Å²) in [5.74, 6) is 0.689. The highest BCUT2D eigenvalue weighted by molar-refractivity contribution is 5.82. The van der Waals surface area contributed by atoms with Crippen LogP contribution in [-0.4, -0.2) is 37.6 Å². The highest BCUT2D eigenvalue weighted by Crippen LogP contribution is 2.28. The lowest BCUT2D eigenvalue weighted by Gasteiger charge is -2.21. The van der Waals surface area contributed by atoms with Crippen LogP contribution in [0.25, 0.3) is 0 Å². The van der Waals surface area contributed by atoms with E-state index in [1.54, 1.807) is 11.9 Å². The summed E-state index contributed by atoms with van der Waals surface area (Å²) in [7, 11) is 1.77. The first-order chi connectivity index (χ1) is 9.18. The Hall–Kier alpha value is -1.39. The molecule has 0 unspecified atom stereocenters. The van der Waals surface area contributed by atoms with E-state index in [0.29, 0.717) is 13.2 Å². The number of carbonyl (C=O) groups excluding carboxylic acids is 1. The predicted molar refractivity (Wildman–Crippen MR) is 74.6 cm³/mol. The molecule has 1 saturated carbocycles. The number of nitrogens with zero attached hydrogens (tertiary/aromatic N) is 1. The number of ether oxygens (including phenoxy) is 1. The zero-order valence-electron chi connectivity index (χ0n) is 11.4. The van der Waals surface area contributed by atoms with Crippen LogP contribution < -0.4 is 5.73 Å². The van der Waals surface area contributed by atoms with Crippen LogP contribution in [0.15, 0.2) is 30.3 Å². The first kappa shape index (κ1) is 14.0. The largest absolute Gasteiger partial charge is 0.379 e. The topological polar surface area (TPSA) is 55.6 Å². The molecule has 1 atom stereocenters. The van der Waals surface area contributed by atoms with E-state index in [1.165, 1.54) is 12.8 Å². The summed E-state index contributed by atoms with van der Waals surface area (Å²) in [5, 5.41) is 0.